The Morgan fingerprint density at radius 3 is 2.85 bits per heavy atom. The van der Waals surface area contributed by atoms with Gasteiger partial charge in [0, 0.05) is 25.2 Å². The minimum atomic E-state index is -0.213. The number of ether oxygens (including phenoxy) is 1. The minimum Gasteiger partial charge on any atom is -0.383 e. The zero-order valence-electron chi connectivity index (χ0n) is 12.2. The second-order valence-corrected chi connectivity index (χ2v) is 6.42. The third kappa shape index (κ3) is 4.18. The second kappa shape index (κ2) is 6.88. The van der Waals surface area contributed by atoms with E-state index < -0.39 is 0 Å². The van der Waals surface area contributed by atoms with E-state index in [1.54, 1.807) is 19.2 Å². The smallest absolute Gasteiger partial charge is 0.123 e. The summed E-state index contributed by atoms with van der Waals surface area (Å²) in [6.45, 7) is 4.73. The molecule has 0 saturated heterocycles. The second-order valence-electron chi connectivity index (χ2n) is 6.01. The predicted molar refractivity (Wildman–Crippen MR) is 80.7 cm³/mol. The molecule has 112 valence electrons. The molecule has 1 unspecified atom stereocenters. The van der Waals surface area contributed by atoms with Crippen LogP contribution in [-0.4, -0.2) is 26.8 Å². The van der Waals surface area contributed by atoms with Crippen LogP contribution in [0, 0.1) is 17.2 Å². The van der Waals surface area contributed by atoms with E-state index in [9.17, 15) is 4.39 Å². The monoisotopic (exact) mass is 299 g/mol. The third-order valence-corrected chi connectivity index (χ3v) is 4.55. The summed E-state index contributed by atoms with van der Waals surface area (Å²) in [5.41, 5.74) is 1.04. The van der Waals surface area contributed by atoms with Gasteiger partial charge in [0.2, 0.25) is 0 Å². The lowest BCUT2D eigenvalue weighted by Gasteiger charge is -2.31. The molecule has 1 fully saturated rings. The topological polar surface area (TPSA) is 21.3 Å². The van der Waals surface area contributed by atoms with Crippen molar-refractivity contribution in [2.75, 3.05) is 26.8 Å². The van der Waals surface area contributed by atoms with E-state index in [4.69, 9.17) is 16.3 Å². The maximum absolute atomic E-state index is 13.4. The molecule has 1 aliphatic rings. The standard InChI is InChI=1S/C16H23ClFNO/c1-16(13-3-4-13,11-19-7-8-20-2)10-12-9-14(18)5-6-15(12)17/h5-6,9,13,19H,3-4,7-8,10-11H2,1-2H3. The van der Waals surface area contributed by atoms with Crippen LogP contribution >= 0.6 is 11.6 Å². The summed E-state index contributed by atoms with van der Waals surface area (Å²) in [6, 6.07) is 4.63. The van der Waals surface area contributed by atoms with Gasteiger partial charge in [-0.05, 0) is 54.4 Å². The van der Waals surface area contributed by atoms with Gasteiger partial charge in [-0.1, -0.05) is 18.5 Å². The zero-order valence-corrected chi connectivity index (χ0v) is 13.0. The SMILES string of the molecule is COCCNCC(C)(Cc1cc(F)ccc1Cl)C1CC1. The Morgan fingerprint density at radius 1 is 1.45 bits per heavy atom. The van der Waals surface area contributed by atoms with E-state index in [0.29, 0.717) is 17.5 Å². The summed E-state index contributed by atoms with van der Waals surface area (Å²) >= 11 is 6.20. The first-order chi connectivity index (χ1) is 9.55. The Balaban J connectivity index is 2.02. The number of benzene rings is 1. The van der Waals surface area contributed by atoms with E-state index in [-0.39, 0.29) is 11.2 Å². The summed E-state index contributed by atoms with van der Waals surface area (Å²) in [7, 11) is 1.70. The highest BCUT2D eigenvalue weighted by atomic mass is 35.5. The highest BCUT2D eigenvalue weighted by Crippen LogP contribution is 2.47. The molecule has 0 aliphatic heterocycles. The van der Waals surface area contributed by atoms with Crippen LogP contribution in [0.3, 0.4) is 0 Å². The summed E-state index contributed by atoms with van der Waals surface area (Å²) in [4.78, 5) is 0. The molecule has 0 bridgehead atoms. The first-order valence-corrected chi connectivity index (χ1v) is 7.56. The first kappa shape index (κ1) is 15.7. The maximum Gasteiger partial charge on any atom is 0.123 e. The van der Waals surface area contributed by atoms with Crippen LogP contribution in [0.2, 0.25) is 5.02 Å². The number of methoxy groups -OCH3 is 1. The molecule has 0 amide bonds. The van der Waals surface area contributed by atoms with Gasteiger partial charge >= 0.3 is 0 Å². The quantitative estimate of drug-likeness (QED) is 0.740. The van der Waals surface area contributed by atoms with Gasteiger partial charge in [-0.15, -0.1) is 0 Å². The number of nitrogens with one attached hydrogen (secondary N) is 1. The Morgan fingerprint density at radius 2 is 2.20 bits per heavy atom. The molecule has 1 atom stereocenters. The molecule has 2 rings (SSSR count). The van der Waals surface area contributed by atoms with Crippen LogP contribution in [0.5, 0.6) is 0 Å². The van der Waals surface area contributed by atoms with E-state index in [0.717, 1.165) is 25.1 Å². The normalized spacial score (nSPS) is 18.0. The number of hydrogen-bond donors (Lipinski definition) is 1. The molecule has 0 heterocycles. The lowest BCUT2D eigenvalue weighted by molar-refractivity contribution is 0.187. The van der Waals surface area contributed by atoms with Crippen molar-refractivity contribution in [1.82, 2.24) is 5.32 Å². The van der Waals surface area contributed by atoms with Crippen molar-refractivity contribution in [2.45, 2.75) is 26.2 Å². The zero-order chi connectivity index (χ0) is 14.6. The molecule has 1 saturated carbocycles. The molecule has 0 spiro atoms. The Labute approximate surface area is 125 Å². The van der Waals surface area contributed by atoms with Crippen molar-refractivity contribution < 1.29 is 9.13 Å². The molecule has 1 N–H and O–H groups in total. The summed E-state index contributed by atoms with van der Waals surface area (Å²) in [6.07, 6.45) is 3.33. The average Bonchev–Trinajstić information content (AvgIpc) is 3.24. The molecular weight excluding hydrogens is 277 g/mol. The Hall–Kier alpha value is -0.640. The maximum atomic E-state index is 13.4. The van der Waals surface area contributed by atoms with Crippen molar-refractivity contribution in [2.24, 2.45) is 11.3 Å². The fourth-order valence-electron chi connectivity index (χ4n) is 2.79. The fraction of sp³-hybridized carbons (Fsp3) is 0.625. The summed E-state index contributed by atoms with van der Waals surface area (Å²) < 4.78 is 18.5. The van der Waals surface area contributed by atoms with E-state index >= 15 is 0 Å². The predicted octanol–water partition coefficient (Wildman–Crippen LogP) is 3.67. The van der Waals surface area contributed by atoms with Gasteiger partial charge in [0.25, 0.3) is 0 Å². The molecule has 2 nitrogen and oxygen atoms in total. The van der Waals surface area contributed by atoms with Gasteiger partial charge < -0.3 is 10.1 Å². The van der Waals surface area contributed by atoms with Gasteiger partial charge in [0.15, 0.2) is 0 Å². The van der Waals surface area contributed by atoms with Crippen molar-refractivity contribution in [3.63, 3.8) is 0 Å². The molecule has 1 aromatic carbocycles. The highest BCUT2D eigenvalue weighted by Gasteiger charge is 2.41. The van der Waals surface area contributed by atoms with Crippen LogP contribution in [0.25, 0.3) is 0 Å². The molecule has 4 heteroatoms. The van der Waals surface area contributed by atoms with Crippen LogP contribution in [0.15, 0.2) is 18.2 Å². The van der Waals surface area contributed by atoms with Crippen LogP contribution in [-0.2, 0) is 11.2 Å². The Bertz CT molecular complexity index is 450. The molecule has 1 aliphatic carbocycles. The third-order valence-electron chi connectivity index (χ3n) is 4.18. The van der Waals surface area contributed by atoms with E-state index in [1.807, 2.05) is 0 Å². The summed E-state index contributed by atoms with van der Waals surface area (Å²) in [5.74, 6) is 0.492. The van der Waals surface area contributed by atoms with E-state index in [1.165, 1.54) is 18.9 Å². The molecular formula is C16H23ClFNO. The molecule has 1 aromatic rings. The highest BCUT2D eigenvalue weighted by molar-refractivity contribution is 6.31. The van der Waals surface area contributed by atoms with Gasteiger partial charge in [-0.25, -0.2) is 4.39 Å². The minimum absolute atomic E-state index is 0.130. The first-order valence-electron chi connectivity index (χ1n) is 7.19. The number of rotatable bonds is 8. The van der Waals surface area contributed by atoms with Gasteiger partial charge in [0.05, 0.1) is 6.61 Å². The molecule has 0 aromatic heterocycles. The van der Waals surface area contributed by atoms with Crippen molar-refractivity contribution in [3.05, 3.63) is 34.6 Å². The van der Waals surface area contributed by atoms with Crippen molar-refractivity contribution in [3.8, 4) is 0 Å². The van der Waals surface area contributed by atoms with Crippen LogP contribution in [0.4, 0.5) is 4.39 Å². The van der Waals surface area contributed by atoms with Crippen molar-refractivity contribution >= 4 is 11.6 Å². The van der Waals surface area contributed by atoms with Gasteiger partial charge in [-0.3, -0.25) is 0 Å². The van der Waals surface area contributed by atoms with Crippen LogP contribution < -0.4 is 5.32 Å². The van der Waals surface area contributed by atoms with Crippen LogP contribution in [0.1, 0.15) is 25.3 Å². The van der Waals surface area contributed by atoms with Gasteiger partial charge in [-0.2, -0.15) is 0 Å². The largest absolute Gasteiger partial charge is 0.383 e. The number of halogens is 2. The average molecular weight is 300 g/mol. The number of hydrogen-bond acceptors (Lipinski definition) is 2. The molecule has 0 radical (unpaired) electrons. The van der Waals surface area contributed by atoms with Crippen molar-refractivity contribution in [1.29, 1.82) is 0 Å². The fourth-order valence-corrected chi connectivity index (χ4v) is 2.98. The Kier molecular flexibility index (Phi) is 5.42. The van der Waals surface area contributed by atoms with Gasteiger partial charge in [0.1, 0.15) is 5.82 Å². The lowest BCUT2D eigenvalue weighted by atomic mass is 9.79. The summed E-state index contributed by atoms with van der Waals surface area (Å²) in [5, 5.41) is 4.10. The lowest BCUT2D eigenvalue weighted by Crippen LogP contribution is -2.37. The van der Waals surface area contributed by atoms with E-state index in [2.05, 4.69) is 12.2 Å². The molecule has 20 heavy (non-hydrogen) atoms.